The molecule has 0 spiro atoms. The molecule has 0 aromatic heterocycles. The third-order valence-electron chi connectivity index (χ3n) is 4.87. The SMILES string of the molecule is CC(NC(=O)C(=O)Nc1cccc(C(F)(F)F)c1)c1ccc2c(c1)CCCC2. The highest BCUT2D eigenvalue weighted by molar-refractivity contribution is 6.39. The number of carbonyl (C=O) groups excluding carboxylic acids is 2. The van der Waals surface area contributed by atoms with Crippen molar-refractivity contribution >= 4 is 17.5 Å². The predicted molar refractivity (Wildman–Crippen MR) is 99.7 cm³/mol. The number of anilines is 1. The molecule has 28 heavy (non-hydrogen) atoms. The van der Waals surface area contributed by atoms with Crippen molar-refractivity contribution in [2.45, 2.75) is 44.8 Å². The van der Waals surface area contributed by atoms with E-state index < -0.39 is 29.6 Å². The molecule has 148 valence electrons. The predicted octanol–water partition coefficient (Wildman–Crippen LogP) is 4.40. The molecule has 2 N–H and O–H groups in total. The number of alkyl halides is 3. The second-order valence-electron chi connectivity index (χ2n) is 6.96. The molecule has 2 aromatic carbocycles. The molecule has 2 aromatic rings. The van der Waals surface area contributed by atoms with Crippen LogP contribution in [-0.4, -0.2) is 11.8 Å². The van der Waals surface area contributed by atoms with Crippen LogP contribution in [0, 0.1) is 0 Å². The molecule has 7 heteroatoms. The van der Waals surface area contributed by atoms with Crippen LogP contribution in [0.2, 0.25) is 0 Å². The third kappa shape index (κ3) is 4.71. The number of fused-ring (bicyclic) bond motifs is 1. The number of hydrogen-bond donors (Lipinski definition) is 2. The maximum Gasteiger partial charge on any atom is 0.416 e. The van der Waals surface area contributed by atoms with Crippen LogP contribution < -0.4 is 10.6 Å². The Morgan fingerprint density at radius 1 is 0.964 bits per heavy atom. The molecule has 3 rings (SSSR count). The fourth-order valence-corrected chi connectivity index (χ4v) is 3.33. The summed E-state index contributed by atoms with van der Waals surface area (Å²) in [7, 11) is 0. The van der Waals surface area contributed by atoms with Crippen molar-refractivity contribution in [3.8, 4) is 0 Å². The van der Waals surface area contributed by atoms with Crippen LogP contribution in [0.1, 0.15) is 48.1 Å². The Morgan fingerprint density at radius 2 is 1.68 bits per heavy atom. The van der Waals surface area contributed by atoms with Crippen molar-refractivity contribution in [2.75, 3.05) is 5.32 Å². The molecule has 1 unspecified atom stereocenters. The van der Waals surface area contributed by atoms with Gasteiger partial charge in [0.1, 0.15) is 0 Å². The number of amides is 2. The maximum absolute atomic E-state index is 12.8. The van der Waals surface area contributed by atoms with Gasteiger partial charge < -0.3 is 10.6 Å². The lowest BCUT2D eigenvalue weighted by Crippen LogP contribution is -2.37. The number of carbonyl (C=O) groups is 2. The number of rotatable bonds is 3. The largest absolute Gasteiger partial charge is 0.416 e. The highest BCUT2D eigenvalue weighted by atomic mass is 19.4. The lowest BCUT2D eigenvalue weighted by atomic mass is 9.89. The van der Waals surface area contributed by atoms with Gasteiger partial charge in [0, 0.05) is 5.69 Å². The van der Waals surface area contributed by atoms with Crippen molar-refractivity contribution in [1.29, 1.82) is 0 Å². The van der Waals surface area contributed by atoms with E-state index in [2.05, 4.69) is 16.7 Å². The van der Waals surface area contributed by atoms with Gasteiger partial charge >= 0.3 is 18.0 Å². The molecule has 2 amide bonds. The van der Waals surface area contributed by atoms with Gasteiger partial charge in [0.25, 0.3) is 0 Å². The van der Waals surface area contributed by atoms with E-state index in [9.17, 15) is 22.8 Å². The van der Waals surface area contributed by atoms with Crippen LogP contribution in [0.4, 0.5) is 18.9 Å². The van der Waals surface area contributed by atoms with Gasteiger partial charge in [-0.1, -0.05) is 24.3 Å². The molecular weight excluding hydrogens is 369 g/mol. The van der Waals surface area contributed by atoms with E-state index in [1.807, 2.05) is 12.1 Å². The molecular formula is C21H21F3N2O2. The standard InChI is InChI=1S/C21H21F3N2O2/c1-13(15-10-9-14-5-2-3-6-16(14)11-15)25-19(27)20(28)26-18-8-4-7-17(12-18)21(22,23)24/h4,7-13H,2-3,5-6H2,1H3,(H,25,27)(H,26,28). The van der Waals surface area contributed by atoms with Crippen LogP contribution in [0.3, 0.4) is 0 Å². The summed E-state index contributed by atoms with van der Waals surface area (Å²) in [5.74, 6) is -1.91. The first-order valence-electron chi connectivity index (χ1n) is 9.15. The summed E-state index contributed by atoms with van der Waals surface area (Å²) in [6.45, 7) is 1.76. The quantitative estimate of drug-likeness (QED) is 0.764. The van der Waals surface area contributed by atoms with Gasteiger partial charge in [-0.25, -0.2) is 0 Å². The van der Waals surface area contributed by atoms with E-state index in [0.29, 0.717) is 0 Å². The Balaban J connectivity index is 1.63. The van der Waals surface area contributed by atoms with Crippen LogP contribution in [0.15, 0.2) is 42.5 Å². The minimum Gasteiger partial charge on any atom is -0.341 e. The van der Waals surface area contributed by atoms with Gasteiger partial charge in [-0.3, -0.25) is 9.59 Å². The highest BCUT2D eigenvalue weighted by Gasteiger charge is 2.30. The second kappa shape index (κ2) is 8.04. The normalized spacial score (nSPS) is 14.7. The molecule has 0 fully saturated rings. The molecule has 0 saturated heterocycles. The van der Waals surface area contributed by atoms with Gasteiger partial charge in [0.2, 0.25) is 0 Å². The van der Waals surface area contributed by atoms with Crippen LogP contribution in [0.5, 0.6) is 0 Å². The zero-order valence-electron chi connectivity index (χ0n) is 15.4. The van der Waals surface area contributed by atoms with Crippen molar-refractivity contribution in [3.63, 3.8) is 0 Å². The number of halogens is 3. The molecule has 1 aliphatic carbocycles. The van der Waals surface area contributed by atoms with Crippen LogP contribution in [-0.2, 0) is 28.6 Å². The van der Waals surface area contributed by atoms with Gasteiger partial charge in [0.05, 0.1) is 11.6 Å². The summed E-state index contributed by atoms with van der Waals surface area (Å²) in [5.41, 5.74) is 2.49. The monoisotopic (exact) mass is 390 g/mol. The summed E-state index contributed by atoms with van der Waals surface area (Å²) < 4.78 is 38.3. The number of benzene rings is 2. The minimum atomic E-state index is -4.52. The molecule has 0 bridgehead atoms. The second-order valence-corrected chi connectivity index (χ2v) is 6.96. The first kappa shape index (κ1) is 19.9. The molecule has 1 atom stereocenters. The Bertz CT molecular complexity index is 893. The van der Waals surface area contributed by atoms with Crippen molar-refractivity contribution in [2.24, 2.45) is 0 Å². The minimum absolute atomic E-state index is 0.0867. The average molecular weight is 390 g/mol. The maximum atomic E-state index is 12.8. The zero-order chi connectivity index (χ0) is 20.3. The smallest absolute Gasteiger partial charge is 0.341 e. The topological polar surface area (TPSA) is 58.2 Å². The van der Waals surface area contributed by atoms with Crippen molar-refractivity contribution in [3.05, 3.63) is 64.7 Å². The van der Waals surface area contributed by atoms with Crippen LogP contribution in [0.25, 0.3) is 0 Å². The van der Waals surface area contributed by atoms with E-state index in [4.69, 9.17) is 0 Å². The molecule has 0 saturated carbocycles. The number of hydrogen-bond acceptors (Lipinski definition) is 2. The lowest BCUT2D eigenvalue weighted by Gasteiger charge is -2.20. The van der Waals surface area contributed by atoms with Gasteiger partial charge in [0.15, 0.2) is 0 Å². The highest BCUT2D eigenvalue weighted by Crippen LogP contribution is 2.30. The van der Waals surface area contributed by atoms with E-state index in [-0.39, 0.29) is 5.69 Å². The Kier molecular flexibility index (Phi) is 5.72. The molecule has 0 aliphatic heterocycles. The van der Waals surface area contributed by atoms with E-state index >= 15 is 0 Å². The van der Waals surface area contributed by atoms with Crippen molar-refractivity contribution in [1.82, 2.24) is 5.32 Å². The van der Waals surface area contributed by atoms with Crippen molar-refractivity contribution < 1.29 is 22.8 Å². The molecule has 1 aliphatic rings. The fourth-order valence-electron chi connectivity index (χ4n) is 3.33. The van der Waals surface area contributed by atoms with E-state index in [1.54, 1.807) is 6.92 Å². The summed E-state index contributed by atoms with van der Waals surface area (Å²) >= 11 is 0. The zero-order valence-corrected chi connectivity index (χ0v) is 15.4. The Labute approximate surface area is 161 Å². The first-order valence-corrected chi connectivity index (χ1v) is 9.15. The Morgan fingerprint density at radius 3 is 2.39 bits per heavy atom. The summed E-state index contributed by atoms with van der Waals surface area (Å²) in [4.78, 5) is 24.2. The van der Waals surface area contributed by atoms with Gasteiger partial charge in [-0.05, 0) is 67.5 Å². The lowest BCUT2D eigenvalue weighted by molar-refractivity contribution is -0.137. The third-order valence-corrected chi connectivity index (χ3v) is 4.87. The number of aryl methyl sites for hydroxylation is 2. The first-order chi connectivity index (χ1) is 13.2. The van der Waals surface area contributed by atoms with Crippen LogP contribution >= 0.6 is 0 Å². The molecule has 0 radical (unpaired) electrons. The van der Waals surface area contributed by atoms with E-state index in [1.165, 1.54) is 29.7 Å². The number of nitrogens with one attached hydrogen (secondary N) is 2. The summed E-state index contributed by atoms with van der Waals surface area (Å²) in [6, 6.07) is 9.79. The fraction of sp³-hybridized carbons (Fsp3) is 0.333. The van der Waals surface area contributed by atoms with Gasteiger partial charge in [-0.2, -0.15) is 13.2 Å². The summed E-state index contributed by atoms with van der Waals surface area (Å²) in [6.07, 6.45) is -0.162. The van der Waals surface area contributed by atoms with Gasteiger partial charge in [-0.15, -0.1) is 0 Å². The molecule has 0 heterocycles. The van der Waals surface area contributed by atoms with E-state index in [0.717, 1.165) is 37.0 Å². The average Bonchev–Trinajstić information content (AvgIpc) is 2.67. The Hall–Kier alpha value is -2.83. The summed E-state index contributed by atoms with van der Waals surface area (Å²) in [5, 5.41) is 4.80. The molecule has 4 nitrogen and oxygen atoms in total.